The van der Waals surface area contributed by atoms with E-state index >= 15 is 0 Å². The van der Waals surface area contributed by atoms with Crippen LogP contribution in [-0.2, 0) is 19.1 Å². The van der Waals surface area contributed by atoms with Gasteiger partial charge in [0.15, 0.2) is 18.0 Å². The Labute approximate surface area is 175 Å². The van der Waals surface area contributed by atoms with E-state index in [-0.39, 0.29) is 36.4 Å². The molecule has 3 N–H and O–H groups in total. The van der Waals surface area contributed by atoms with E-state index in [9.17, 15) is 29.7 Å². The molecule has 4 aliphatic rings. The van der Waals surface area contributed by atoms with Gasteiger partial charge in [-0.1, -0.05) is 25.5 Å². The Kier molecular flexibility index (Phi) is 4.88. The highest BCUT2D eigenvalue weighted by Crippen LogP contribution is 2.67. The molecule has 0 aromatic rings. The summed E-state index contributed by atoms with van der Waals surface area (Å²) in [6, 6.07) is 0. The molecule has 0 aromatic carbocycles. The van der Waals surface area contributed by atoms with Gasteiger partial charge < -0.3 is 20.1 Å². The standard InChI is InChI=1S/C23H30O7/c1-12(24)30-11-19(28)23(29)18(27)9-16-15-5-4-13-8-14(25)6-7-21(13,2)20(15)17(26)10-22(16,23)3/h6-8,15-18,20,26-27,29H,4-5,9-11H2,1-3H3/t15?,16?,17?,18-,20?,21?,22?,23+/m1/s1. The number of rotatable bonds is 3. The summed E-state index contributed by atoms with van der Waals surface area (Å²) < 4.78 is 4.81. The number of esters is 1. The van der Waals surface area contributed by atoms with Gasteiger partial charge in [-0.2, -0.15) is 0 Å². The van der Waals surface area contributed by atoms with Crippen LogP contribution in [0, 0.1) is 28.6 Å². The van der Waals surface area contributed by atoms with Crippen molar-refractivity contribution in [3.05, 3.63) is 23.8 Å². The van der Waals surface area contributed by atoms with Gasteiger partial charge >= 0.3 is 5.97 Å². The molecule has 0 aromatic heterocycles. The van der Waals surface area contributed by atoms with Crippen LogP contribution in [-0.4, -0.2) is 57.3 Å². The van der Waals surface area contributed by atoms with Gasteiger partial charge in [-0.05, 0) is 49.7 Å². The number of ether oxygens (including phenoxy) is 1. The predicted molar refractivity (Wildman–Crippen MR) is 106 cm³/mol. The summed E-state index contributed by atoms with van der Waals surface area (Å²) in [6.07, 6.45) is 4.78. The Balaban J connectivity index is 1.70. The normalized spacial score (nSPS) is 47.1. The van der Waals surface area contributed by atoms with Crippen LogP contribution in [0.5, 0.6) is 0 Å². The molecule has 7 nitrogen and oxygen atoms in total. The van der Waals surface area contributed by atoms with Crippen LogP contribution in [0.15, 0.2) is 23.8 Å². The van der Waals surface area contributed by atoms with Gasteiger partial charge in [0.1, 0.15) is 0 Å². The lowest BCUT2D eigenvalue weighted by Gasteiger charge is -2.59. The molecule has 0 spiro atoms. The van der Waals surface area contributed by atoms with E-state index < -0.39 is 47.0 Å². The van der Waals surface area contributed by atoms with Crippen molar-refractivity contribution in [2.45, 2.75) is 64.3 Å². The molecule has 0 aliphatic heterocycles. The summed E-state index contributed by atoms with van der Waals surface area (Å²) >= 11 is 0. The van der Waals surface area contributed by atoms with Gasteiger partial charge in [-0.3, -0.25) is 14.4 Å². The summed E-state index contributed by atoms with van der Waals surface area (Å²) in [6.45, 7) is 4.36. The van der Waals surface area contributed by atoms with E-state index in [1.54, 1.807) is 19.1 Å². The topological polar surface area (TPSA) is 121 Å². The quantitative estimate of drug-likeness (QED) is 0.587. The Morgan fingerprint density at radius 1 is 1.27 bits per heavy atom. The Hall–Kier alpha value is -1.83. The minimum Gasteiger partial charge on any atom is -0.458 e. The average molecular weight is 418 g/mol. The van der Waals surface area contributed by atoms with E-state index in [1.807, 2.05) is 13.0 Å². The Bertz CT molecular complexity index is 860. The molecule has 3 fully saturated rings. The predicted octanol–water partition coefficient (Wildman–Crippen LogP) is 1.10. The monoisotopic (exact) mass is 418 g/mol. The van der Waals surface area contributed by atoms with Gasteiger partial charge in [0.2, 0.25) is 5.78 Å². The van der Waals surface area contributed by atoms with Crippen LogP contribution >= 0.6 is 0 Å². The van der Waals surface area contributed by atoms with Gasteiger partial charge in [0.25, 0.3) is 0 Å². The fraction of sp³-hybridized carbons (Fsp3) is 0.696. The summed E-state index contributed by atoms with van der Waals surface area (Å²) in [5.74, 6) is -1.79. The second-order valence-electron chi connectivity index (χ2n) is 9.93. The molecule has 8 atom stereocenters. The van der Waals surface area contributed by atoms with Gasteiger partial charge in [0.05, 0.1) is 12.2 Å². The summed E-state index contributed by atoms with van der Waals surface area (Å²) in [5, 5.41) is 33.6. The van der Waals surface area contributed by atoms with Crippen LogP contribution in [0.3, 0.4) is 0 Å². The van der Waals surface area contributed by atoms with E-state index in [4.69, 9.17) is 4.74 Å². The molecule has 7 heteroatoms. The van der Waals surface area contributed by atoms with Gasteiger partial charge in [-0.15, -0.1) is 0 Å². The lowest BCUT2D eigenvalue weighted by molar-refractivity contribution is -0.192. The van der Waals surface area contributed by atoms with Crippen molar-refractivity contribution in [1.82, 2.24) is 0 Å². The maximum absolute atomic E-state index is 12.9. The van der Waals surface area contributed by atoms with Gasteiger partial charge in [0, 0.05) is 23.7 Å². The molecule has 6 unspecified atom stereocenters. The first-order chi connectivity index (χ1) is 13.9. The third-order valence-electron chi connectivity index (χ3n) is 8.55. The van der Waals surface area contributed by atoms with Crippen molar-refractivity contribution in [2.24, 2.45) is 28.6 Å². The molecule has 4 rings (SSSR count). The number of allylic oxidation sites excluding steroid dienone is 4. The number of ketones is 2. The van der Waals surface area contributed by atoms with Crippen molar-refractivity contribution < 1.29 is 34.4 Å². The molecule has 164 valence electrons. The first-order valence-electron chi connectivity index (χ1n) is 10.6. The number of carbonyl (C=O) groups excluding carboxylic acids is 3. The fourth-order valence-corrected chi connectivity index (χ4v) is 7.12. The highest BCUT2D eigenvalue weighted by Gasteiger charge is 2.71. The van der Waals surface area contributed by atoms with Crippen molar-refractivity contribution in [1.29, 1.82) is 0 Å². The molecule has 0 bridgehead atoms. The first kappa shape index (κ1) is 21.4. The highest BCUT2D eigenvalue weighted by atomic mass is 16.5. The fourth-order valence-electron chi connectivity index (χ4n) is 7.12. The molecular formula is C23H30O7. The second-order valence-corrected chi connectivity index (χ2v) is 9.93. The number of carbonyl (C=O) groups is 3. The number of Topliss-reactive ketones (excluding diaryl/α,β-unsaturated/α-hetero) is 1. The average Bonchev–Trinajstić information content (AvgIpc) is 2.87. The largest absolute Gasteiger partial charge is 0.458 e. The number of hydrogen-bond acceptors (Lipinski definition) is 7. The SMILES string of the molecule is CC(=O)OCC(=O)[C@@]1(O)[C@H](O)CC2C3CCC4=CC(=O)C=CC4(C)C3C(O)CC21C. The number of aliphatic hydroxyl groups is 3. The van der Waals surface area contributed by atoms with Crippen molar-refractivity contribution >= 4 is 17.5 Å². The van der Waals surface area contributed by atoms with Crippen molar-refractivity contribution in [3.63, 3.8) is 0 Å². The smallest absolute Gasteiger partial charge is 0.303 e. The van der Waals surface area contributed by atoms with E-state index in [2.05, 4.69) is 0 Å². The van der Waals surface area contributed by atoms with E-state index in [0.717, 1.165) is 5.57 Å². The second kappa shape index (κ2) is 6.84. The molecule has 0 heterocycles. The maximum atomic E-state index is 12.9. The first-order valence-corrected chi connectivity index (χ1v) is 10.6. The molecule has 30 heavy (non-hydrogen) atoms. The van der Waals surface area contributed by atoms with Crippen molar-refractivity contribution in [3.8, 4) is 0 Å². The molecule has 0 radical (unpaired) electrons. The lowest BCUT2D eigenvalue weighted by Crippen LogP contribution is -2.63. The van der Waals surface area contributed by atoms with Crippen LogP contribution in [0.4, 0.5) is 0 Å². The number of fused-ring (bicyclic) bond motifs is 5. The van der Waals surface area contributed by atoms with Crippen LogP contribution < -0.4 is 0 Å². The van der Waals surface area contributed by atoms with E-state index in [1.165, 1.54) is 6.92 Å². The zero-order valence-corrected chi connectivity index (χ0v) is 17.6. The zero-order chi connectivity index (χ0) is 22.1. The van der Waals surface area contributed by atoms with Crippen LogP contribution in [0.2, 0.25) is 0 Å². The molecule has 3 saturated carbocycles. The number of hydrogen-bond donors (Lipinski definition) is 3. The van der Waals surface area contributed by atoms with Crippen LogP contribution in [0.25, 0.3) is 0 Å². The molecule has 0 amide bonds. The highest BCUT2D eigenvalue weighted by molar-refractivity contribution is 6.01. The van der Waals surface area contributed by atoms with E-state index in [0.29, 0.717) is 12.8 Å². The minimum atomic E-state index is -2.09. The minimum absolute atomic E-state index is 0.0241. The lowest BCUT2D eigenvalue weighted by atomic mass is 9.46. The summed E-state index contributed by atoms with van der Waals surface area (Å²) in [7, 11) is 0. The Morgan fingerprint density at radius 3 is 2.63 bits per heavy atom. The molecule has 4 aliphatic carbocycles. The summed E-state index contributed by atoms with van der Waals surface area (Å²) in [5.41, 5.74) is -2.59. The summed E-state index contributed by atoms with van der Waals surface area (Å²) in [4.78, 5) is 35.9. The molecule has 0 saturated heterocycles. The van der Waals surface area contributed by atoms with Crippen LogP contribution in [0.1, 0.15) is 46.5 Å². The third kappa shape index (κ3) is 2.71. The third-order valence-corrected chi connectivity index (χ3v) is 8.55. The number of aliphatic hydroxyl groups excluding tert-OH is 2. The maximum Gasteiger partial charge on any atom is 0.303 e. The Morgan fingerprint density at radius 2 is 1.97 bits per heavy atom. The zero-order valence-electron chi connectivity index (χ0n) is 17.6. The van der Waals surface area contributed by atoms with Gasteiger partial charge in [-0.25, -0.2) is 0 Å². The molecular weight excluding hydrogens is 388 g/mol. The van der Waals surface area contributed by atoms with Crippen molar-refractivity contribution in [2.75, 3.05) is 6.61 Å².